The third kappa shape index (κ3) is 6.79. The fourth-order valence-corrected chi connectivity index (χ4v) is 2.33. The summed E-state index contributed by atoms with van der Waals surface area (Å²) >= 11 is 0. The molecule has 0 heterocycles. The molecule has 5 heteroatoms. The number of aryl methyl sites for hydroxylation is 1. The topological polar surface area (TPSA) is 54.9 Å². The second kappa shape index (κ2) is 10.2. The zero-order valence-electron chi connectivity index (χ0n) is 15.2. The van der Waals surface area contributed by atoms with Gasteiger partial charge >= 0.3 is 0 Å². The highest BCUT2D eigenvalue weighted by molar-refractivity contribution is 5.79. The van der Waals surface area contributed by atoms with Crippen LogP contribution in [-0.2, 0) is 11.3 Å². The number of hydrogen-bond donors (Lipinski definition) is 2. The van der Waals surface area contributed by atoms with Crippen LogP contribution in [0.25, 0.3) is 0 Å². The van der Waals surface area contributed by atoms with Gasteiger partial charge in [-0.2, -0.15) is 0 Å². The third-order valence-electron chi connectivity index (χ3n) is 3.94. The number of rotatable bonds is 10. The molecule has 1 aromatic carbocycles. The minimum atomic E-state index is 0.682. The predicted octanol–water partition coefficient (Wildman–Crippen LogP) is 2.88. The lowest BCUT2D eigenvalue weighted by atomic mass is 10.1. The first-order valence-electron chi connectivity index (χ1n) is 8.97. The van der Waals surface area contributed by atoms with Crippen molar-refractivity contribution in [3.8, 4) is 5.75 Å². The molecule has 1 aliphatic rings. The zero-order chi connectivity index (χ0) is 17.2. The molecule has 0 radical (unpaired) electrons. The highest BCUT2D eigenvalue weighted by Gasteiger charge is 2.20. The van der Waals surface area contributed by atoms with E-state index in [0.717, 1.165) is 49.4 Å². The number of guanidine groups is 1. The molecule has 0 unspecified atom stereocenters. The van der Waals surface area contributed by atoms with Gasteiger partial charge in [-0.3, -0.25) is 4.99 Å². The smallest absolute Gasteiger partial charge is 0.191 e. The second-order valence-electron chi connectivity index (χ2n) is 6.33. The van der Waals surface area contributed by atoms with Gasteiger partial charge in [0.15, 0.2) is 5.96 Å². The minimum Gasteiger partial charge on any atom is -0.493 e. The highest BCUT2D eigenvalue weighted by Crippen LogP contribution is 2.28. The van der Waals surface area contributed by atoms with E-state index in [4.69, 9.17) is 9.47 Å². The largest absolute Gasteiger partial charge is 0.493 e. The van der Waals surface area contributed by atoms with Crippen LogP contribution in [0, 0.1) is 12.8 Å². The van der Waals surface area contributed by atoms with Crippen molar-refractivity contribution in [3.05, 3.63) is 29.3 Å². The molecule has 0 bridgehead atoms. The first kappa shape index (κ1) is 18.6. The maximum atomic E-state index is 5.85. The van der Waals surface area contributed by atoms with Crippen LogP contribution in [0.5, 0.6) is 5.75 Å². The zero-order valence-corrected chi connectivity index (χ0v) is 15.2. The maximum absolute atomic E-state index is 5.85. The SMILES string of the molecule is CCCOc1cc(C)ccc1CNC(=NC)NCCOCC1CC1. The van der Waals surface area contributed by atoms with Crippen molar-refractivity contribution in [2.45, 2.75) is 39.7 Å². The summed E-state index contributed by atoms with van der Waals surface area (Å²) in [6, 6.07) is 6.31. The molecule has 1 aromatic rings. The van der Waals surface area contributed by atoms with Gasteiger partial charge in [0.25, 0.3) is 0 Å². The lowest BCUT2D eigenvalue weighted by Gasteiger charge is -2.15. The Morgan fingerprint density at radius 3 is 2.79 bits per heavy atom. The molecule has 0 spiro atoms. The van der Waals surface area contributed by atoms with Crippen LogP contribution < -0.4 is 15.4 Å². The monoisotopic (exact) mass is 333 g/mol. The summed E-state index contributed by atoms with van der Waals surface area (Å²) in [5.41, 5.74) is 2.35. The highest BCUT2D eigenvalue weighted by atomic mass is 16.5. The molecule has 1 fully saturated rings. The lowest BCUT2D eigenvalue weighted by Crippen LogP contribution is -2.38. The number of ether oxygens (including phenoxy) is 2. The van der Waals surface area contributed by atoms with Crippen LogP contribution >= 0.6 is 0 Å². The summed E-state index contributed by atoms with van der Waals surface area (Å²) < 4.78 is 11.5. The number of benzene rings is 1. The van der Waals surface area contributed by atoms with Crippen LogP contribution in [0.15, 0.2) is 23.2 Å². The maximum Gasteiger partial charge on any atom is 0.191 e. The van der Waals surface area contributed by atoms with E-state index in [1.165, 1.54) is 18.4 Å². The van der Waals surface area contributed by atoms with E-state index in [1.54, 1.807) is 7.05 Å². The molecule has 0 amide bonds. The Bertz CT molecular complexity index is 527. The molecule has 2 N–H and O–H groups in total. The van der Waals surface area contributed by atoms with Crippen molar-refractivity contribution in [2.24, 2.45) is 10.9 Å². The van der Waals surface area contributed by atoms with E-state index in [2.05, 4.69) is 47.7 Å². The molecule has 0 saturated heterocycles. The van der Waals surface area contributed by atoms with Gasteiger partial charge in [0, 0.05) is 32.3 Å². The van der Waals surface area contributed by atoms with Crippen molar-refractivity contribution >= 4 is 5.96 Å². The first-order chi connectivity index (χ1) is 11.7. The second-order valence-corrected chi connectivity index (χ2v) is 6.33. The van der Waals surface area contributed by atoms with E-state index in [-0.39, 0.29) is 0 Å². The van der Waals surface area contributed by atoms with Gasteiger partial charge in [0.2, 0.25) is 0 Å². The van der Waals surface area contributed by atoms with Crippen LogP contribution in [-0.4, -0.2) is 39.4 Å². The van der Waals surface area contributed by atoms with Gasteiger partial charge in [0.1, 0.15) is 5.75 Å². The van der Waals surface area contributed by atoms with Crippen LogP contribution in [0.1, 0.15) is 37.3 Å². The summed E-state index contributed by atoms with van der Waals surface area (Å²) in [6.45, 7) is 7.99. The van der Waals surface area contributed by atoms with Crippen molar-refractivity contribution in [1.82, 2.24) is 10.6 Å². The molecule has 1 saturated carbocycles. The van der Waals surface area contributed by atoms with Crippen molar-refractivity contribution in [2.75, 3.05) is 33.4 Å². The Morgan fingerprint density at radius 2 is 2.08 bits per heavy atom. The van der Waals surface area contributed by atoms with E-state index < -0.39 is 0 Å². The average Bonchev–Trinajstić information content (AvgIpc) is 3.41. The van der Waals surface area contributed by atoms with Gasteiger partial charge in [-0.15, -0.1) is 0 Å². The minimum absolute atomic E-state index is 0.682. The van der Waals surface area contributed by atoms with Crippen molar-refractivity contribution in [1.29, 1.82) is 0 Å². The molecule has 1 aliphatic carbocycles. The van der Waals surface area contributed by atoms with E-state index in [0.29, 0.717) is 13.2 Å². The Morgan fingerprint density at radius 1 is 1.25 bits per heavy atom. The lowest BCUT2D eigenvalue weighted by molar-refractivity contribution is 0.129. The van der Waals surface area contributed by atoms with E-state index in [1.807, 2.05) is 0 Å². The van der Waals surface area contributed by atoms with E-state index in [9.17, 15) is 0 Å². The fraction of sp³-hybridized carbons (Fsp3) is 0.632. The molecule has 24 heavy (non-hydrogen) atoms. The molecule has 0 aromatic heterocycles. The molecule has 0 atom stereocenters. The number of hydrogen-bond acceptors (Lipinski definition) is 3. The van der Waals surface area contributed by atoms with Gasteiger partial charge in [-0.1, -0.05) is 19.1 Å². The standard InChI is InChI=1S/C19H31N3O2/c1-4-10-24-18-12-15(2)5-8-17(18)13-22-19(20-3)21-9-11-23-14-16-6-7-16/h5,8,12,16H,4,6-7,9-11,13-14H2,1-3H3,(H2,20,21,22). The molecule has 134 valence electrons. The van der Waals surface area contributed by atoms with Crippen LogP contribution in [0.3, 0.4) is 0 Å². The summed E-state index contributed by atoms with van der Waals surface area (Å²) in [6.07, 6.45) is 3.66. The van der Waals surface area contributed by atoms with Gasteiger partial charge < -0.3 is 20.1 Å². The molecular weight excluding hydrogens is 302 g/mol. The summed E-state index contributed by atoms with van der Waals surface area (Å²) in [7, 11) is 1.78. The summed E-state index contributed by atoms with van der Waals surface area (Å²) in [4.78, 5) is 4.26. The van der Waals surface area contributed by atoms with Crippen molar-refractivity contribution in [3.63, 3.8) is 0 Å². The van der Waals surface area contributed by atoms with E-state index >= 15 is 0 Å². The van der Waals surface area contributed by atoms with Gasteiger partial charge in [-0.05, 0) is 43.7 Å². The Labute approximate surface area is 145 Å². The average molecular weight is 333 g/mol. The molecule has 0 aliphatic heterocycles. The fourth-order valence-electron chi connectivity index (χ4n) is 2.33. The van der Waals surface area contributed by atoms with Crippen LogP contribution in [0.2, 0.25) is 0 Å². The van der Waals surface area contributed by atoms with Gasteiger partial charge in [-0.25, -0.2) is 0 Å². The summed E-state index contributed by atoms with van der Waals surface area (Å²) in [5.74, 6) is 2.55. The Kier molecular flexibility index (Phi) is 7.89. The normalized spacial score (nSPS) is 14.5. The molecule has 2 rings (SSSR count). The predicted molar refractivity (Wildman–Crippen MR) is 98.7 cm³/mol. The Hall–Kier alpha value is -1.75. The summed E-state index contributed by atoms with van der Waals surface area (Å²) in [5, 5.41) is 6.62. The Balaban J connectivity index is 1.74. The first-order valence-corrected chi connectivity index (χ1v) is 8.97. The third-order valence-corrected chi connectivity index (χ3v) is 3.94. The molecule has 5 nitrogen and oxygen atoms in total. The molecular formula is C19H31N3O2. The number of nitrogens with zero attached hydrogens (tertiary/aromatic N) is 1. The quantitative estimate of drug-likeness (QED) is 0.393. The van der Waals surface area contributed by atoms with Crippen molar-refractivity contribution < 1.29 is 9.47 Å². The van der Waals surface area contributed by atoms with Gasteiger partial charge in [0.05, 0.1) is 13.2 Å². The number of aliphatic imine (C=N–C) groups is 1. The number of nitrogens with one attached hydrogen (secondary N) is 2. The van der Waals surface area contributed by atoms with Crippen LogP contribution in [0.4, 0.5) is 0 Å².